The van der Waals surface area contributed by atoms with Gasteiger partial charge in [-0.3, -0.25) is 4.79 Å². The van der Waals surface area contributed by atoms with E-state index in [0.29, 0.717) is 29.6 Å². The third kappa shape index (κ3) is 9.49. The van der Waals surface area contributed by atoms with Crippen LogP contribution in [-0.4, -0.2) is 40.9 Å². The number of carbonyl (C=O) groups is 1. The number of hydrogen-bond acceptors (Lipinski definition) is 7. The Hall–Kier alpha value is -3.57. The van der Waals surface area contributed by atoms with Crippen LogP contribution in [0, 0.1) is 18.3 Å². The Morgan fingerprint density at radius 1 is 0.976 bits per heavy atom. The van der Waals surface area contributed by atoms with E-state index in [1.165, 1.54) is 11.8 Å². The molecular formula is C35H36N2O3S2. The number of carbonyl (C=O) groups excluding carboxylic acids is 1. The summed E-state index contributed by atoms with van der Waals surface area (Å²) in [6.07, 6.45) is 1.89. The topological polar surface area (TPSA) is 72.2 Å². The molecule has 1 unspecified atom stereocenters. The minimum Gasteiger partial charge on any atom is -0.458 e. The van der Waals surface area contributed by atoms with Gasteiger partial charge in [0, 0.05) is 16.9 Å². The van der Waals surface area contributed by atoms with E-state index < -0.39 is 0 Å². The molecule has 0 aliphatic rings. The fourth-order valence-corrected chi connectivity index (χ4v) is 6.13. The molecule has 0 fully saturated rings. The van der Waals surface area contributed by atoms with E-state index >= 15 is 0 Å². The molecule has 4 rings (SSSR count). The lowest BCUT2D eigenvalue weighted by Crippen LogP contribution is -2.27. The van der Waals surface area contributed by atoms with Gasteiger partial charge < -0.3 is 9.47 Å². The molecule has 5 nitrogen and oxygen atoms in total. The van der Waals surface area contributed by atoms with Crippen LogP contribution in [0.25, 0.3) is 22.4 Å². The first kappa shape index (κ1) is 31.4. The average Bonchev–Trinajstić information content (AvgIpc) is 3.02. The number of thioether (sulfide) groups is 2. The minimum absolute atomic E-state index is 0.0437. The van der Waals surface area contributed by atoms with Crippen LogP contribution < -0.4 is 0 Å². The summed E-state index contributed by atoms with van der Waals surface area (Å²) in [6, 6.07) is 32.2. The van der Waals surface area contributed by atoms with Gasteiger partial charge >= 0.3 is 5.97 Å². The molecular weight excluding hydrogens is 561 g/mol. The van der Waals surface area contributed by atoms with Gasteiger partial charge in [-0.1, -0.05) is 116 Å². The summed E-state index contributed by atoms with van der Waals surface area (Å²) >= 11 is 3.01. The Kier molecular flexibility index (Phi) is 12.5. The highest BCUT2D eigenvalue weighted by Crippen LogP contribution is 2.34. The summed E-state index contributed by atoms with van der Waals surface area (Å²) in [4.78, 5) is 17.9. The molecule has 0 saturated carbocycles. The number of aromatic nitrogens is 1. The minimum atomic E-state index is -0.356. The first-order chi connectivity index (χ1) is 20.6. The van der Waals surface area contributed by atoms with E-state index in [-0.39, 0.29) is 17.8 Å². The molecule has 216 valence electrons. The van der Waals surface area contributed by atoms with Crippen LogP contribution in [0.2, 0.25) is 0 Å². The summed E-state index contributed by atoms with van der Waals surface area (Å²) in [5.41, 5.74) is 6.10. The van der Waals surface area contributed by atoms with Crippen LogP contribution in [0.5, 0.6) is 0 Å². The van der Waals surface area contributed by atoms with Gasteiger partial charge in [0.05, 0.1) is 30.2 Å². The highest BCUT2D eigenvalue weighted by Gasteiger charge is 2.20. The van der Waals surface area contributed by atoms with Crippen molar-refractivity contribution in [1.82, 2.24) is 4.98 Å². The van der Waals surface area contributed by atoms with Crippen molar-refractivity contribution in [2.45, 2.75) is 44.4 Å². The zero-order valence-corrected chi connectivity index (χ0v) is 25.8. The summed E-state index contributed by atoms with van der Waals surface area (Å²) in [6.45, 7) is 5.00. The standard InChI is InChI=1S/C35H36N2O3S2/c1-3-4-19-41-24-30(23-39-22-27-11-7-5-8-12-27)40-34(38)25-42-35-32(21-36)31(28-13-9-6-10-14-28)20-33(37-35)29-17-15-26(2)16-18-29/h5-18,20,30H,3-4,19,22-25H2,1-2H3. The normalized spacial score (nSPS) is 11.5. The monoisotopic (exact) mass is 596 g/mol. The Morgan fingerprint density at radius 3 is 2.38 bits per heavy atom. The lowest BCUT2D eigenvalue weighted by atomic mass is 9.99. The van der Waals surface area contributed by atoms with Gasteiger partial charge in [0.2, 0.25) is 0 Å². The Bertz CT molecular complexity index is 1460. The third-order valence-electron chi connectivity index (χ3n) is 6.52. The Morgan fingerprint density at radius 2 is 1.69 bits per heavy atom. The number of esters is 1. The number of rotatable bonds is 15. The fourth-order valence-electron chi connectivity index (χ4n) is 4.26. The Balaban J connectivity index is 1.49. The SMILES string of the molecule is CCCCSCC(COCc1ccccc1)OC(=O)CSc1nc(-c2ccc(C)cc2)cc(-c2ccccc2)c1C#N. The molecule has 0 N–H and O–H groups in total. The molecule has 1 aromatic heterocycles. The van der Waals surface area contributed by atoms with Crippen molar-refractivity contribution >= 4 is 29.5 Å². The zero-order valence-electron chi connectivity index (χ0n) is 24.1. The number of hydrogen-bond donors (Lipinski definition) is 0. The molecule has 42 heavy (non-hydrogen) atoms. The predicted octanol–water partition coefficient (Wildman–Crippen LogP) is 8.35. The first-order valence-corrected chi connectivity index (χ1v) is 16.3. The van der Waals surface area contributed by atoms with Crippen molar-refractivity contribution in [1.29, 1.82) is 5.26 Å². The number of aryl methyl sites for hydroxylation is 1. The lowest BCUT2D eigenvalue weighted by Gasteiger charge is -2.18. The van der Waals surface area contributed by atoms with E-state index in [4.69, 9.17) is 14.5 Å². The van der Waals surface area contributed by atoms with Crippen LogP contribution in [-0.2, 0) is 20.9 Å². The maximum atomic E-state index is 13.1. The fraction of sp³-hybridized carbons (Fsp3) is 0.286. The molecule has 0 spiro atoms. The summed E-state index contributed by atoms with van der Waals surface area (Å²) in [5.74, 6) is 1.38. The number of pyridine rings is 1. The highest BCUT2D eigenvalue weighted by atomic mass is 32.2. The van der Waals surface area contributed by atoms with Crippen molar-refractivity contribution in [3.63, 3.8) is 0 Å². The molecule has 0 aliphatic carbocycles. The smallest absolute Gasteiger partial charge is 0.316 e. The van der Waals surface area contributed by atoms with Crippen molar-refractivity contribution in [3.05, 3.63) is 108 Å². The van der Waals surface area contributed by atoms with Gasteiger partial charge in [-0.2, -0.15) is 17.0 Å². The second-order valence-corrected chi connectivity index (χ2v) is 12.0. The second kappa shape index (κ2) is 16.8. The average molecular weight is 597 g/mol. The summed E-state index contributed by atoms with van der Waals surface area (Å²) in [7, 11) is 0. The van der Waals surface area contributed by atoms with E-state index in [1.807, 2.05) is 97.9 Å². The van der Waals surface area contributed by atoms with Crippen molar-refractivity contribution in [2.24, 2.45) is 0 Å². The predicted molar refractivity (Wildman–Crippen MR) is 173 cm³/mol. The van der Waals surface area contributed by atoms with Gasteiger partial charge in [-0.05, 0) is 36.3 Å². The molecule has 3 aromatic carbocycles. The molecule has 1 heterocycles. The number of ether oxygens (including phenoxy) is 2. The van der Waals surface area contributed by atoms with Gasteiger partial charge in [0.1, 0.15) is 17.2 Å². The number of nitriles is 1. The van der Waals surface area contributed by atoms with Crippen molar-refractivity contribution < 1.29 is 14.3 Å². The van der Waals surface area contributed by atoms with Gasteiger partial charge in [0.25, 0.3) is 0 Å². The number of benzene rings is 3. The van der Waals surface area contributed by atoms with Gasteiger partial charge in [0.15, 0.2) is 0 Å². The van der Waals surface area contributed by atoms with Crippen LogP contribution in [0.15, 0.2) is 96.0 Å². The maximum Gasteiger partial charge on any atom is 0.316 e. The molecule has 0 bridgehead atoms. The Labute approximate surface area is 257 Å². The molecule has 4 aromatic rings. The molecule has 7 heteroatoms. The van der Waals surface area contributed by atoms with Gasteiger partial charge in [-0.25, -0.2) is 4.98 Å². The lowest BCUT2D eigenvalue weighted by molar-refractivity contribution is -0.147. The van der Waals surface area contributed by atoms with Crippen molar-refractivity contribution in [2.75, 3.05) is 23.9 Å². The van der Waals surface area contributed by atoms with Crippen LogP contribution >= 0.6 is 23.5 Å². The second-order valence-electron chi connectivity index (χ2n) is 9.91. The van der Waals surface area contributed by atoms with Gasteiger partial charge in [-0.15, -0.1) is 0 Å². The number of nitrogens with zero attached hydrogens (tertiary/aromatic N) is 2. The largest absolute Gasteiger partial charge is 0.458 e. The van der Waals surface area contributed by atoms with Crippen LogP contribution in [0.3, 0.4) is 0 Å². The van der Waals surface area contributed by atoms with Crippen LogP contribution in [0.4, 0.5) is 0 Å². The van der Waals surface area contributed by atoms with Crippen molar-refractivity contribution in [3.8, 4) is 28.5 Å². The van der Waals surface area contributed by atoms with E-state index in [1.54, 1.807) is 11.8 Å². The summed E-state index contributed by atoms with van der Waals surface area (Å²) in [5, 5.41) is 10.7. The van der Waals surface area contributed by atoms with E-state index in [0.717, 1.165) is 52.1 Å². The zero-order chi connectivity index (χ0) is 29.6. The molecule has 0 radical (unpaired) electrons. The molecule has 0 amide bonds. The van der Waals surface area contributed by atoms with E-state index in [2.05, 4.69) is 13.0 Å². The first-order valence-electron chi connectivity index (χ1n) is 14.2. The quantitative estimate of drug-likeness (QED) is 0.0776. The van der Waals surface area contributed by atoms with Crippen LogP contribution in [0.1, 0.15) is 36.5 Å². The maximum absolute atomic E-state index is 13.1. The highest BCUT2D eigenvalue weighted by molar-refractivity contribution is 8.00. The molecule has 0 aliphatic heterocycles. The molecule has 0 saturated heterocycles. The molecule has 1 atom stereocenters. The number of unbranched alkanes of at least 4 members (excludes halogenated alkanes) is 1. The summed E-state index contributed by atoms with van der Waals surface area (Å²) < 4.78 is 11.8. The third-order valence-corrected chi connectivity index (χ3v) is 8.65. The van der Waals surface area contributed by atoms with E-state index in [9.17, 15) is 10.1 Å².